The summed E-state index contributed by atoms with van der Waals surface area (Å²) in [7, 11) is 0. The minimum atomic E-state index is -0.587. The van der Waals surface area contributed by atoms with Gasteiger partial charge in [0.05, 0.1) is 0 Å². The number of benzene rings is 1. The Balaban J connectivity index is 1.56. The standard InChI is InChI=1S/C18H18N4O3S/c1-11-4-6-14(7-5-11)18-19-21-22(20-18)9-17(24)25-10-16(23)15-8-12(2)26-13(15)3/h4-8H,9-10H2,1-3H3. The van der Waals surface area contributed by atoms with Gasteiger partial charge in [0, 0.05) is 20.9 Å². The van der Waals surface area contributed by atoms with Crippen molar-refractivity contribution in [3.63, 3.8) is 0 Å². The lowest BCUT2D eigenvalue weighted by Gasteiger charge is -2.03. The molecule has 134 valence electrons. The van der Waals surface area contributed by atoms with Gasteiger partial charge in [-0.25, -0.2) is 4.79 Å². The monoisotopic (exact) mass is 370 g/mol. The highest BCUT2D eigenvalue weighted by atomic mass is 32.1. The smallest absolute Gasteiger partial charge is 0.330 e. The predicted octanol–water partition coefficient (Wildman–Crippen LogP) is 2.75. The van der Waals surface area contributed by atoms with E-state index in [4.69, 9.17) is 4.74 Å². The number of Topliss-reactive ketones (excluding diaryl/α,β-unsaturated/α-hetero) is 1. The van der Waals surface area contributed by atoms with Gasteiger partial charge in [-0.2, -0.15) is 4.80 Å². The number of tetrazole rings is 1. The maximum absolute atomic E-state index is 12.1. The number of thiophene rings is 1. The number of aryl methyl sites for hydroxylation is 3. The lowest BCUT2D eigenvalue weighted by atomic mass is 10.1. The van der Waals surface area contributed by atoms with Crippen LogP contribution in [-0.4, -0.2) is 38.6 Å². The molecule has 0 N–H and O–H groups in total. The molecular weight excluding hydrogens is 352 g/mol. The minimum absolute atomic E-state index is 0.201. The number of hydrogen-bond acceptors (Lipinski definition) is 7. The van der Waals surface area contributed by atoms with E-state index in [2.05, 4.69) is 15.4 Å². The number of ketones is 1. The predicted molar refractivity (Wildman–Crippen MR) is 97.1 cm³/mol. The van der Waals surface area contributed by atoms with Crippen molar-refractivity contribution in [3.8, 4) is 11.4 Å². The fourth-order valence-corrected chi connectivity index (χ4v) is 3.36. The molecular formula is C18H18N4O3S. The number of nitrogens with zero attached hydrogens (tertiary/aromatic N) is 4. The first-order valence-electron chi connectivity index (χ1n) is 8.03. The largest absolute Gasteiger partial charge is 0.456 e. The number of carbonyl (C=O) groups excluding carboxylic acids is 2. The molecule has 0 atom stereocenters. The highest BCUT2D eigenvalue weighted by Crippen LogP contribution is 2.21. The molecule has 8 heteroatoms. The lowest BCUT2D eigenvalue weighted by Crippen LogP contribution is -2.20. The van der Waals surface area contributed by atoms with Crippen LogP contribution in [0.4, 0.5) is 0 Å². The molecule has 3 rings (SSSR count). The van der Waals surface area contributed by atoms with Crippen molar-refractivity contribution in [2.45, 2.75) is 27.3 Å². The van der Waals surface area contributed by atoms with Crippen molar-refractivity contribution in [2.75, 3.05) is 6.61 Å². The zero-order valence-electron chi connectivity index (χ0n) is 14.7. The Bertz CT molecular complexity index is 944. The molecule has 0 bridgehead atoms. The lowest BCUT2D eigenvalue weighted by molar-refractivity contribution is -0.143. The van der Waals surface area contributed by atoms with E-state index in [0.717, 1.165) is 25.7 Å². The Morgan fingerprint density at radius 1 is 1.15 bits per heavy atom. The van der Waals surface area contributed by atoms with E-state index in [1.54, 1.807) is 11.3 Å². The maximum Gasteiger partial charge on any atom is 0.330 e. The zero-order chi connectivity index (χ0) is 18.7. The number of rotatable bonds is 6. The molecule has 1 aromatic carbocycles. The second kappa shape index (κ2) is 7.57. The van der Waals surface area contributed by atoms with Crippen molar-refractivity contribution in [1.82, 2.24) is 20.2 Å². The number of aromatic nitrogens is 4. The molecule has 0 aliphatic carbocycles. The van der Waals surface area contributed by atoms with Gasteiger partial charge in [0.2, 0.25) is 11.6 Å². The van der Waals surface area contributed by atoms with Gasteiger partial charge in [0.25, 0.3) is 0 Å². The molecule has 0 radical (unpaired) electrons. The molecule has 2 aromatic heterocycles. The maximum atomic E-state index is 12.1. The average molecular weight is 370 g/mol. The third-order valence-corrected chi connectivity index (χ3v) is 4.70. The number of hydrogen-bond donors (Lipinski definition) is 0. The van der Waals surface area contributed by atoms with E-state index in [0.29, 0.717) is 11.4 Å². The molecule has 0 amide bonds. The highest BCUT2D eigenvalue weighted by molar-refractivity contribution is 7.12. The third-order valence-electron chi connectivity index (χ3n) is 3.74. The summed E-state index contributed by atoms with van der Waals surface area (Å²) in [5.74, 6) is -0.374. The normalized spacial score (nSPS) is 10.7. The van der Waals surface area contributed by atoms with Gasteiger partial charge in [-0.05, 0) is 32.1 Å². The van der Waals surface area contributed by atoms with Crippen molar-refractivity contribution in [1.29, 1.82) is 0 Å². The first-order chi connectivity index (χ1) is 12.4. The summed E-state index contributed by atoms with van der Waals surface area (Å²) in [6.45, 7) is 5.30. The molecule has 3 aromatic rings. The first-order valence-corrected chi connectivity index (χ1v) is 8.85. The van der Waals surface area contributed by atoms with E-state index in [1.165, 1.54) is 0 Å². The zero-order valence-corrected chi connectivity index (χ0v) is 15.5. The Hall–Kier alpha value is -2.87. The first kappa shape index (κ1) is 17.9. The summed E-state index contributed by atoms with van der Waals surface area (Å²) in [5.41, 5.74) is 2.54. The topological polar surface area (TPSA) is 87.0 Å². The van der Waals surface area contributed by atoms with Crippen LogP contribution in [0.3, 0.4) is 0 Å². The van der Waals surface area contributed by atoms with Gasteiger partial charge < -0.3 is 4.74 Å². The molecule has 0 fully saturated rings. The van der Waals surface area contributed by atoms with Gasteiger partial charge in [0.1, 0.15) is 0 Å². The number of carbonyl (C=O) groups is 2. The van der Waals surface area contributed by atoms with Crippen LogP contribution in [0.1, 0.15) is 25.7 Å². The summed E-state index contributed by atoms with van der Waals surface area (Å²) < 4.78 is 5.04. The van der Waals surface area contributed by atoms with Crippen LogP contribution in [0, 0.1) is 20.8 Å². The Kier molecular flexibility index (Phi) is 5.22. The van der Waals surface area contributed by atoms with Gasteiger partial charge in [0.15, 0.2) is 13.2 Å². The fourth-order valence-electron chi connectivity index (χ4n) is 2.42. The Morgan fingerprint density at radius 2 is 1.88 bits per heavy atom. The average Bonchev–Trinajstić information content (AvgIpc) is 3.19. The summed E-state index contributed by atoms with van der Waals surface area (Å²) in [4.78, 5) is 27.2. The summed E-state index contributed by atoms with van der Waals surface area (Å²) >= 11 is 1.54. The van der Waals surface area contributed by atoms with E-state index >= 15 is 0 Å². The van der Waals surface area contributed by atoms with E-state index in [-0.39, 0.29) is 18.9 Å². The van der Waals surface area contributed by atoms with Crippen LogP contribution in [0.5, 0.6) is 0 Å². The molecule has 0 aliphatic heterocycles. The fraction of sp³-hybridized carbons (Fsp3) is 0.278. The van der Waals surface area contributed by atoms with Crippen molar-refractivity contribution in [3.05, 3.63) is 51.2 Å². The van der Waals surface area contributed by atoms with Crippen molar-refractivity contribution >= 4 is 23.1 Å². The van der Waals surface area contributed by atoms with E-state index in [9.17, 15) is 9.59 Å². The molecule has 0 unspecified atom stereocenters. The van der Waals surface area contributed by atoms with Crippen LogP contribution in [0.25, 0.3) is 11.4 Å². The summed E-state index contributed by atoms with van der Waals surface area (Å²) in [6, 6.07) is 9.48. The number of ether oxygens (including phenoxy) is 1. The molecule has 0 spiro atoms. The Labute approximate surface area is 154 Å². The van der Waals surface area contributed by atoms with Gasteiger partial charge in [-0.15, -0.1) is 21.5 Å². The molecule has 0 saturated heterocycles. The van der Waals surface area contributed by atoms with Crippen LogP contribution in [0.15, 0.2) is 30.3 Å². The summed E-state index contributed by atoms with van der Waals surface area (Å²) in [5, 5.41) is 11.9. The second-order valence-electron chi connectivity index (χ2n) is 5.92. The van der Waals surface area contributed by atoms with Crippen LogP contribution >= 0.6 is 11.3 Å². The van der Waals surface area contributed by atoms with E-state index < -0.39 is 5.97 Å². The van der Waals surface area contributed by atoms with Crippen molar-refractivity contribution in [2.24, 2.45) is 0 Å². The Morgan fingerprint density at radius 3 is 2.54 bits per heavy atom. The van der Waals surface area contributed by atoms with Crippen molar-refractivity contribution < 1.29 is 14.3 Å². The minimum Gasteiger partial charge on any atom is -0.456 e. The molecule has 26 heavy (non-hydrogen) atoms. The molecule has 7 nitrogen and oxygen atoms in total. The SMILES string of the molecule is Cc1ccc(-c2nnn(CC(=O)OCC(=O)c3cc(C)sc3C)n2)cc1. The number of esters is 1. The van der Waals surface area contributed by atoms with Gasteiger partial charge in [-0.1, -0.05) is 29.8 Å². The third kappa shape index (κ3) is 4.20. The highest BCUT2D eigenvalue weighted by Gasteiger charge is 2.15. The quantitative estimate of drug-likeness (QED) is 0.490. The van der Waals surface area contributed by atoms with Gasteiger partial charge >= 0.3 is 5.97 Å². The van der Waals surface area contributed by atoms with E-state index in [1.807, 2.05) is 51.1 Å². The van der Waals surface area contributed by atoms with Gasteiger partial charge in [-0.3, -0.25) is 4.79 Å². The van der Waals surface area contributed by atoms with Crippen LogP contribution in [-0.2, 0) is 16.1 Å². The molecule has 0 saturated carbocycles. The summed E-state index contributed by atoms with van der Waals surface area (Å²) in [6.07, 6.45) is 0. The van der Waals surface area contributed by atoms with Crippen LogP contribution in [0.2, 0.25) is 0 Å². The molecule has 0 aliphatic rings. The molecule has 2 heterocycles. The van der Waals surface area contributed by atoms with Crippen LogP contribution < -0.4 is 0 Å². The second-order valence-corrected chi connectivity index (χ2v) is 7.38.